The highest BCUT2D eigenvalue weighted by atomic mass is 19.1. The SMILES string of the molecule is O=C(C1CCCN(C(=O)C2(c3cccc(F)c3)CCCC2)C1)N1CCOCC1. The first-order chi connectivity index (χ1) is 13.6. The molecule has 0 bridgehead atoms. The number of benzene rings is 1. The molecule has 1 aliphatic carbocycles. The van der Waals surface area contributed by atoms with Crippen LogP contribution in [-0.4, -0.2) is 61.0 Å². The minimum Gasteiger partial charge on any atom is -0.378 e. The summed E-state index contributed by atoms with van der Waals surface area (Å²) in [4.78, 5) is 30.3. The molecule has 2 aliphatic heterocycles. The summed E-state index contributed by atoms with van der Waals surface area (Å²) in [6.07, 6.45) is 5.14. The van der Waals surface area contributed by atoms with Crippen molar-refractivity contribution in [2.24, 2.45) is 5.92 Å². The summed E-state index contributed by atoms with van der Waals surface area (Å²) in [7, 11) is 0. The molecule has 2 amide bonds. The van der Waals surface area contributed by atoms with Crippen molar-refractivity contribution in [3.05, 3.63) is 35.6 Å². The lowest BCUT2D eigenvalue weighted by Crippen LogP contribution is -2.53. The van der Waals surface area contributed by atoms with E-state index in [0.29, 0.717) is 39.4 Å². The highest BCUT2D eigenvalue weighted by Crippen LogP contribution is 2.43. The predicted molar refractivity (Wildman–Crippen MR) is 103 cm³/mol. The Balaban J connectivity index is 1.52. The van der Waals surface area contributed by atoms with Gasteiger partial charge >= 0.3 is 0 Å². The van der Waals surface area contributed by atoms with Gasteiger partial charge in [-0.2, -0.15) is 0 Å². The molecule has 0 N–H and O–H groups in total. The largest absolute Gasteiger partial charge is 0.378 e. The fourth-order valence-electron chi connectivity index (χ4n) is 5.10. The number of rotatable bonds is 3. The summed E-state index contributed by atoms with van der Waals surface area (Å²) < 4.78 is 19.2. The van der Waals surface area contributed by atoms with Gasteiger partial charge in [-0.3, -0.25) is 9.59 Å². The third kappa shape index (κ3) is 3.66. The number of ether oxygens (including phenoxy) is 1. The smallest absolute Gasteiger partial charge is 0.233 e. The van der Waals surface area contributed by atoms with Gasteiger partial charge in [-0.15, -0.1) is 0 Å². The third-order valence-electron chi connectivity index (χ3n) is 6.62. The van der Waals surface area contributed by atoms with Gasteiger partial charge in [-0.05, 0) is 43.4 Å². The van der Waals surface area contributed by atoms with Crippen molar-refractivity contribution in [3.63, 3.8) is 0 Å². The van der Waals surface area contributed by atoms with Crippen molar-refractivity contribution in [1.29, 1.82) is 0 Å². The Kier molecular flexibility index (Phi) is 5.67. The van der Waals surface area contributed by atoms with Gasteiger partial charge in [-0.25, -0.2) is 4.39 Å². The van der Waals surface area contributed by atoms with Crippen LogP contribution in [0.3, 0.4) is 0 Å². The van der Waals surface area contributed by atoms with Gasteiger partial charge in [0.15, 0.2) is 0 Å². The Morgan fingerprint density at radius 3 is 2.50 bits per heavy atom. The molecule has 6 heteroatoms. The fraction of sp³-hybridized carbons (Fsp3) is 0.636. The molecular weight excluding hydrogens is 359 g/mol. The number of likely N-dealkylation sites (tertiary alicyclic amines) is 1. The van der Waals surface area contributed by atoms with E-state index in [1.54, 1.807) is 6.07 Å². The Morgan fingerprint density at radius 1 is 1.04 bits per heavy atom. The van der Waals surface area contributed by atoms with E-state index in [4.69, 9.17) is 4.74 Å². The lowest BCUT2D eigenvalue weighted by atomic mass is 9.77. The van der Waals surface area contributed by atoms with Crippen molar-refractivity contribution < 1.29 is 18.7 Å². The lowest BCUT2D eigenvalue weighted by Gasteiger charge is -2.40. The lowest BCUT2D eigenvalue weighted by molar-refractivity contribution is -0.146. The molecule has 2 heterocycles. The third-order valence-corrected chi connectivity index (χ3v) is 6.62. The first-order valence-electron chi connectivity index (χ1n) is 10.5. The quantitative estimate of drug-likeness (QED) is 0.800. The average Bonchev–Trinajstić information content (AvgIpc) is 3.24. The van der Waals surface area contributed by atoms with Gasteiger partial charge in [0, 0.05) is 26.2 Å². The van der Waals surface area contributed by atoms with Crippen molar-refractivity contribution in [2.75, 3.05) is 39.4 Å². The first-order valence-corrected chi connectivity index (χ1v) is 10.5. The summed E-state index contributed by atoms with van der Waals surface area (Å²) >= 11 is 0. The fourth-order valence-corrected chi connectivity index (χ4v) is 5.10. The van der Waals surface area contributed by atoms with Gasteiger partial charge in [0.2, 0.25) is 11.8 Å². The molecule has 28 heavy (non-hydrogen) atoms. The van der Waals surface area contributed by atoms with E-state index >= 15 is 0 Å². The van der Waals surface area contributed by atoms with Crippen LogP contribution in [0.15, 0.2) is 24.3 Å². The Bertz CT molecular complexity index is 726. The molecule has 3 aliphatic rings. The molecule has 0 aromatic heterocycles. The van der Waals surface area contributed by atoms with E-state index in [-0.39, 0.29) is 23.5 Å². The second kappa shape index (κ2) is 8.19. The molecule has 3 fully saturated rings. The molecule has 1 saturated carbocycles. The van der Waals surface area contributed by atoms with Gasteiger partial charge in [0.1, 0.15) is 5.82 Å². The number of morpholine rings is 1. The Labute approximate surface area is 165 Å². The maximum atomic E-state index is 13.9. The number of hydrogen-bond acceptors (Lipinski definition) is 3. The average molecular weight is 388 g/mol. The van der Waals surface area contributed by atoms with Gasteiger partial charge in [-0.1, -0.05) is 25.0 Å². The molecule has 5 nitrogen and oxygen atoms in total. The molecular formula is C22H29FN2O3. The molecule has 152 valence electrons. The highest BCUT2D eigenvalue weighted by molar-refractivity contribution is 5.89. The molecule has 0 radical (unpaired) electrons. The van der Waals surface area contributed by atoms with Crippen LogP contribution in [0.5, 0.6) is 0 Å². The summed E-state index contributed by atoms with van der Waals surface area (Å²) in [5.41, 5.74) is 0.156. The number of nitrogens with zero attached hydrogens (tertiary/aromatic N) is 2. The van der Waals surface area contributed by atoms with Crippen molar-refractivity contribution in [2.45, 2.75) is 43.9 Å². The zero-order valence-corrected chi connectivity index (χ0v) is 16.4. The number of amides is 2. The van der Waals surface area contributed by atoms with E-state index in [9.17, 15) is 14.0 Å². The van der Waals surface area contributed by atoms with Gasteiger partial charge in [0.25, 0.3) is 0 Å². The summed E-state index contributed by atoms with van der Waals surface area (Å²) in [6, 6.07) is 6.52. The summed E-state index contributed by atoms with van der Waals surface area (Å²) in [6.45, 7) is 3.61. The molecule has 1 atom stereocenters. The Hall–Kier alpha value is -1.95. The topological polar surface area (TPSA) is 49.9 Å². The van der Waals surface area contributed by atoms with E-state index in [1.807, 2.05) is 15.9 Å². The summed E-state index contributed by atoms with van der Waals surface area (Å²) in [5, 5.41) is 0. The Morgan fingerprint density at radius 2 is 1.79 bits per heavy atom. The second-order valence-electron chi connectivity index (χ2n) is 8.33. The molecule has 1 aromatic carbocycles. The van der Waals surface area contributed by atoms with Crippen molar-refractivity contribution >= 4 is 11.8 Å². The highest BCUT2D eigenvalue weighted by Gasteiger charge is 2.46. The van der Waals surface area contributed by atoms with E-state index in [1.165, 1.54) is 12.1 Å². The van der Waals surface area contributed by atoms with Crippen LogP contribution in [0.4, 0.5) is 4.39 Å². The zero-order valence-electron chi connectivity index (χ0n) is 16.4. The van der Waals surface area contributed by atoms with Crippen LogP contribution in [-0.2, 0) is 19.7 Å². The van der Waals surface area contributed by atoms with Crippen molar-refractivity contribution in [1.82, 2.24) is 9.80 Å². The molecule has 1 aromatic rings. The molecule has 4 rings (SSSR count). The minimum absolute atomic E-state index is 0.0788. The number of halogens is 1. The molecule has 0 spiro atoms. The van der Waals surface area contributed by atoms with E-state index < -0.39 is 5.41 Å². The van der Waals surface area contributed by atoms with Crippen LogP contribution in [0.2, 0.25) is 0 Å². The van der Waals surface area contributed by atoms with Crippen LogP contribution < -0.4 is 0 Å². The monoisotopic (exact) mass is 388 g/mol. The van der Waals surface area contributed by atoms with Crippen LogP contribution in [0, 0.1) is 11.7 Å². The summed E-state index contributed by atoms with van der Waals surface area (Å²) in [5.74, 6) is -0.209. The number of carbonyl (C=O) groups excluding carboxylic acids is 2. The van der Waals surface area contributed by atoms with Crippen LogP contribution in [0.1, 0.15) is 44.1 Å². The molecule has 2 saturated heterocycles. The zero-order chi connectivity index (χ0) is 19.6. The van der Waals surface area contributed by atoms with Crippen molar-refractivity contribution in [3.8, 4) is 0 Å². The van der Waals surface area contributed by atoms with Gasteiger partial charge in [0.05, 0.1) is 24.5 Å². The van der Waals surface area contributed by atoms with Crippen LogP contribution in [0.25, 0.3) is 0 Å². The van der Waals surface area contributed by atoms with E-state index in [0.717, 1.165) is 44.1 Å². The van der Waals surface area contributed by atoms with Gasteiger partial charge < -0.3 is 14.5 Å². The minimum atomic E-state index is -0.633. The second-order valence-corrected chi connectivity index (χ2v) is 8.33. The van der Waals surface area contributed by atoms with E-state index in [2.05, 4.69) is 0 Å². The standard InChI is InChI=1S/C22H29FN2O3/c23-19-7-3-6-18(15-19)22(8-1-2-9-22)21(27)25-10-4-5-17(16-25)20(26)24-11-13-28-14-12-24/h3,6-7,15,17H,1-2,4-5,8-14,16H2. The molecule has 1 unspecified atom stereocenters. The normalized spacial score (nSPS) is 25.0. The maximum absolute atomic E-state index is 13.9. The number of hydrogen-bond donors (Lipinski definition) is 0. The maximum Gasteiger partial charge on any atom is 0.233 e. The first kappa shape index (κ1) is 19.4. The predicted octanol–water partition coefficient (Wildman–Crippen LogP) is 2.73. The number of piperidine rings is 1. The van der Waals surface area contributed by atoms with Crippen LogP contribution >= 0.6 is 0 Å². The number of carbonyl (C=O) groups is 2.